The molecular formula is C16H18. The Morgan fingerprint density at radius 1 is 0.875 bits per heavy atom. The maximum atomic E-state index is 2.32. The number of allylic oxidation sites excluding steroid dienone is 3. The molecule has 0 atom stereocenters. The summed E-state index contributed by atoms with van der Waals surface area (Å²) in [4.78, 5) is 0. The quantitative estimate of drug-likeness (QED) is 0.576. The zero-order valence-corrected chi connectivity index (χ0v) is 9.71. The van der Waals surface area contributed by atoms with Crippen molar-refractivity contribution in [2.24, 2.45) is 0 Å². The molecule has 0 spiro atoms. The fraction of sp³-hybridized carbons (Fsp3) is 0.375. The summed E-state index contributed by atoms with van der Waals surface area (Å²) < 4.78 is 0. The average Bonchev–Trinajstić information content (AvgIpc) is 2.39. The largest absolute Gasteiger partial charge is 0.0795 e. The molecule has 1 aromatic carbocycles. The zero-order chi connectivity index (χ0) is 10.8. The van der Waals surface area contributed by atoms with E-state index in [1.54, 1.807) is 11.1 Å². The molecule has 0 nitrogen and oxygen atoms in total. The van der Waals surface area contributed by atoms with Crippen LogP contribution in [0.4, 0.5) is 0 Å². The summed E-state index contributed by atoms with van der Waals surface area (Å²) in [7, 11) is 0. The Morgan fingerprint density at radius 3 is 2.56 bits per heavy atom. The molecule has 2 aliphatic rings. The number of benzene rings is 1. The first-order chi connectivity index (χ1) is 7.95. The minimum Gasteiger partial charge on any atom is -0.0795 e. The zero-order valence-electron chi connectivity index (χ0n) is 9.71. The third kappa shape index (κ3) is 1.73. The molecule has 1 saturated carbocycles. The molecule has 1 aromatic rings. The van der Waals surface area contributed by atoms with Crippen molar-refractivity contribution in [1.82, 2.24) is 0 Å². The van der Waals surface area contributed by atoms with E-state index in [0.29, 0.717) is 0 Å². The van der Waals surface area contributed by atoms with Crippen LogP contribution in [0.3, 0.4) is 0 Å². The van der Waals surface area contributed by atoms with Gasteiger partial charge < -0.3 is 0 Å². The predicted octanol–water partition coefficient (Wildman–Crippen LogP) is 4.82. The Balaban J connectivity index is 2.06. The second kappa shape index (κ2) is 4.29. The molecule has 3 rings (SSSR count). The third-order valence-corrected chi connectivity index (χ3v) is 3.79. The van der Waals surface area contributed by atoms with Crippen molar-refractivity contribution in [3.63, 3.8) is 0 Å². The molecule has 0 unspecified atom stereocenters. The Labute approximate surface area is 97.7 Å². The molecule has 0 aliphatic heterocycles. The Hall–Kier alpha value is -1.30. The van der Waals surface area contributed by atoms with Crippen LogP contribution in [-0.4, -0.2) is 0 Å². The Kier molecular flexibility index (Phi) is 2.65. The van der Waals surface area contributed by atoms with E-state index in [1.165, 1.54) is 43.2 Å². The molecule has 0 heteroatoms. The van der Waals surface area contributed by atoms with Crippen LogP contribution in [0.25, 0.3) is 11.6 Å². The molecule has 0 radical (unpaired) electrons. The first-order valence-corrected chi connectivity index (χ1v) is 6.42. The lowest BCUT2D eigenvalue weighted by atomic mass is 9.83. The minimum atomic E-state index is 1.15. The van der Waals surface area contributed by atoms with Crippen molar-refractivity contribution in [3.05, 3.63) is 47.0 Å². The van der Waals surface area contributed by atoms with E-state index in [2.05, 4.69) is 36.4 Å². The first-order valence-electron chi connectivity index (χ1n) is 6.42. The van der Waals surface area contributed by atoms with Gasteiger partial charge in [0.1, 0.15) is 0 Å². The van der Waals surface area contributed by atoms with Gasteiger partial charge in [-0.25, -0.2) is 0 Å². The van der Waals surface area contributed by atoms with Gasteiger partial charge in [0.25, 0.3) is 0 Å². The topological polar surface area (TPSA) is 0 Å². The SMILES string of the molecule is C1=Cc2ccccc2C(=C2CCCCC2)C1. The van der Waals surface area contributed by atoms with Gasteiger partial charge in [-0.05, 0) is 48.8 Å². The van der Waals surface area contributed by atoms with Crippen LogP contribution in [0.2, 0.25) is 0 Å². The van der Waals surface area contributed by atoms with Crippen molar-refractivity contribution in [2.75, 3.05) is 0 Å². The smallest absolute Gasteiger partial charge is 0.00884 e. The van der Waals surface area contributed by atoms with Gasteiger partial charge in [0.05, 0.1) is 0 Å². The van der Waals surface area contributed by atoms with E-state index in [-0.39, 0.29) is 0 Å². The molecule has 1 fully saturated rings. The van der Waals surface area contributed by atoms with Crippen molar-refractivity contribution >= 4 is 11.6 Å². The summed E-state index contributed by atoms with van der Waals surface area (Å²) in [6, 6.07) is 8.82. The summed E-state index contributed by atoms with van der Waals surface area (Å²) in [5.74, 6) is 0. The number of hydrogen-bond acceptors (Lipinski definition) is 0. The third-order valence-electron chi connectivity index (χ3n) is 3.79. The van der Waals surface area contributed by atoms with Crippen molar-refractivity contribution in [3.8, 4) is 0 Å². The molecule has 0 heterocycles. The first kappa shape index (κ1) is 9.89. The monoisotopic (exact) mass is 210 g/mol. The lowest BCUT2D eigenvalue weighted by Gasteiger charge is -2.22. The normalized spacial score (nSPS) is 19.8. The molecule has 16 heavy (non-hydrogen) atoms. The van der Waals surface area contributed by atoms with Crippen LogP contribution in [0, 0.1) is 0 Å². The Morgan fingerprint density at radius 2 is 1.69 bits per heavy atom. The predicted molar refractivity (Wildman–Crippen MR) is 70.1 cm³/mol. The van der Waals surface area contributed by atoms with Gasteiger partial charge in [-0.2, -0.15) is 0 Å². The lowest BCUT2D eigenvalue weighted by molar-refractivity contribution is 0.599. The highest BCUT2D eigenvalue weighted by Crippen LogP contribution is 2.36. The van der Waals surface area contributed by atoms with Crippen LogP contribution < -0.4 is 0 Å². The van der Waals surface area contributed by atoms with Crippen LogP contribution >= 0.6 is 0 Å². The fourth-order valence-electron chi connectivity index (χ4n) is 2.95. The van der Waals surface area contributed by atoms with Gasteiger partial charge in [0.15, 0.2) is 0 Å². The maximum absolute atomic E-state index is 2.32. The van der Waals surface area contributed by atoms with Crippen LogP contribution in [0.1, 0.15) is 49.7 Å². The highest BCUT2D eigenvalue weighted by molar-refractivity contribution is 5.80. The van der Waals surface area contributed by atoms with Gasteiger partial charge in [-0.15, -0.1) is 0 Å². The summed E-state index contributed by atoms with van der Waals surface area (Å²) in [6.07, 6.45) is 12.6. The Bertz CT molecular complexity index is 441. The lowest BCUT2D eigenvalue weighted by Crippen LogP contribution is -2.01. The van der Waals surface area contributed by atoms with Crippen LogP contribution in [0.15, 0.2) is 35.9 Å². The minimum absolute atomic E-state index is 1.15. The molecule has 0 bridgehead atoms. The van der Waals surface area contributed by atoms with E-state index in [4.69, 9.17) is 0 Å². The molecule has 0 saturated heterocycles. The highest BCUT2D eigenvalue weighted by Gasteiger charge is 2.15. The van der Waals surface area contributed by atoms with E-state index < -0.39 is 0 Å². The van der Waals surface area contributed by atoms with Gasteiger partial charge in [0, 0.05) is 0 Å². The van der Waals surface area contributed by atoms with E-state index in [0.717, 1.165) is 6.42 Å². The summed E-state index contributed by atoms with van der Waals surface area (Å²) >= 11 is 0. The van der Waals surface area contributed by atoms with Crippen molar-refractivity contribution in [1.29, 1.82) is 0 Å². The van der Waals surface area contributed by atoms with Gasteiger partial charge >= 0.3 is 0 Å². The second-order valence-corrected chi connectivity index (χ2v) is 4.84. The second-order valence-electron chi connectivity index (χ2n) is 4.84. The van der Waals surface area contributed by atoms with E-state index >= 15 is 0 Å². The van der Waals surface area contributed by atoms with E-state index in [1.807, 2.05) is 0 Å². The average molecular weight is 210 g/mol. The van der Waals surface area contributed by atoms with Gasteiger partial charge in [-0.1, -0.05) is 48.4 Å². The van der Waals surface area contributed by atoms with Crippen LogP contribution in [-0.2, 0) is 0 Å². The molecule has 2 aliphatic carbocycles. The maximum Gasteiger partial charge on any atom is -0.00884 e. The van der Waals surface area contributed by atoms with Crippen LogP contribution in [0.5, 0.6) is 0 Å². The molecular weight excluding hydrogens is 192 g/mol. The molecule has 0 N–H and O–H groups in total. The summed E-state index contributed by atoms with van der Waals surface area (Å²) in [5.41, 5.74) is 6.24. The van der Waals surface area contributed by atoms with E-state index in [9.17, 15) is 0 Å². The van der Waals surface area contributed by atoms with Gasteiger partial charge in [-0.3, -0.25) is 0 Å². The van der Waals surface area contributed by atoms with Crippen molar-refractivity contribution in [2.45, 2.75) is 38.5 Å². The summed E-state index contributed by atoms with van der Waals surface area (Å²) in [6.45, 7) is 0. The fourth-order valence-corrected chi connectivity index (χ4v) is 2.95. The molecule has 0 amide bonds. The number of hydrogen-bond donors (Lipinski definition) is 0. The highest BCUT2D eigenvalue weighted by atomic mass is 14.2. The number of fused-ring (bicyclic) bond motifs is 1. The van der Waals surface area contributed by atoms with Crippen molar-refractivity contribution < 1.29 is 0 Å². The number of rotatable bonds is 0. The molecule has 82 valence electrons. The van der Waals surface area contributed by atoms with Gasteiger partial charge in [0.2, 0.25) is 0 Å². The molecule has 0 aromatic heterocycles. The summed E-state index contributed by atoms with van der Waals surface area (Å²) in [5, 5.41) is 0. The standard InChI is InChI=1S/C16H18/c1-2-7-13(8-3-1)16-12-6-10-14-9-4-5-11-15(14)16/h4-6,9-11H,1-3,7-8,12H2.